The third kappa shape index (κ3) is 5.19. The molecule has 0 aliphatic heterocycles. The molecule has 0 aliphatic carbocycles. The first-order valence-corrected chi connectivity index (χ1v) is 8.48. The number of carbonyl (C=O) groups is 1. The minimum absolute atomic E-state index is 0.0366. The average molecular weight is 387 g/mol. The van der Waals surface area contributed by atoms with Gasteiger partial charge in [0.15, 0.2) is 18.1 Å². The Morgan fingerprint density at radius 2 is 1.96 bits per heavy atom. The van der Waals surface area contributed by atoms with Gasteiger partial charge in [0, 0.05) is 17.7 Å². The van der Waals surface area contributed by atoms with Crippen LogP contribution in [0.2, 0.25) is 0 Å². The highest BCUT2D eigenvalue weighted by Gasteiger charge is 2.14. The lowest BCUT2D eigenvalue weighted by molar-refractivity contribution is -0.385. The van der Waals surface area contributed by atoms with Crippen molar-refractivity contribution in [2.75, 3.05) is 13.2 Å². The van der Waals surface area contributed by atoms with E-state index < -0.39 is 10.8 Å². The molecule has 2 aromatic carbocycles. The zero-order chi connectivity index (χ0) is 20.7. The zero-order valence-electron chi connectivity index (χ0n) is 15.8. The molecule has 0 saturated carbocycles. The number of hydrogen-bond acceptors (Lipinski definition) is 7. The maximum Gasteiger partial charge on any atom is 0.277 e. The van der Waals surface area contributed by atoms with Gasteiger partial charge < -0.3 is 14.6 Å². The van der Waals surface area contributed by atoms with Crippen molar-refractivity contribution in [3.8, 4) is 17.2 Å². The van der Waals surface area contributed by atoms with E-state index in [1.165, 1.54) is 18.3 Å². The fourth-order valence-electron chi connectivity index (χ4n) is 2.52. The van der Waals surface area contributed by atoms with Crippen molar-refractivity contribution in [3.05, 3.63) is 57.1 Å². The topological polar surface area (TPSA) is 123 Å². The molecule has 0 fully saturated rings. The van der Waals surface area contributed by atoms with Gasteiger partial charge in [-0.15, -0.1) is 0 Å². The minimum Gasteiger partial charge on any atom is -0.504 e. The molecular weight excluding hydrogens is 366 g/mol. The maximum atomic E-state index is 11.9. The van der Waals surface area contributed by atoms with E-state index in [-0.39, 0.29) is 18.0 Å². The predicted octanol–water partition coefficient (Wildman–Crippen LogP) is 2.85. The van der Waals surface area contributed by atoms with Gasteiger partial charge in [-0.1, -0.05) is 6.07 Å². The molecule has 9 heteroatoms. The van der Waals surface area contributed by atoms with Gasteiger partial charge in [0.25, 0.3) is 11.6 Å². The smallest absolute Gasteiger partial charge is 0.277 e. The summed E-state index contributed by atoms with van der Waals surface area (Å²) < 4.78 is 10.7. The van der Waals surface area contributed by atoms with Crippen LogP contribution < -0.4 is 14.9 Å². The number of nitrogens with one attached hydrogen (secondary N) is 1. The number of phenolic OH excluding ortho intramolecular Hbond substituents is 1. The van der Waals surface area contributed by atoms with E-state index in [1.54, 1.807) is 39.0 Å². The summed E-state index contributed by atoms with van der Waals surface area (Å²) in [5, 5.41) is 24.7. The molecule has 28 heavy (non-hydrogen) atoms. The fourth-order valence-corrected chi connectivity index (χ4v) is 2.52. The molecule has 0 aliphatic rings. The number of carbonyl (C=O) groups excluding carboxylic acids is 1. The highest BCUT2D eigenvalue weighted by atomic mass is 16.6. The Morgan fingerprint density at radius 3 is 2.57 bits per heavy atom. The Hall–Kier alpha value is -3.62. The Labute approximate surface area is 161 Å². The monoisotopic (exact) mass is 387 g/mol. The van der Waals surface area contributed by atoms with Crippen LogP contribution in [-0.4, -0.2) is 35.4 Å². The summed E-state index contributed by atoms with van der Waals surface area (Å²) in [6.07, 6.45) is 1.29. The van der Waals surface area contributed by atoms with Crippen LogP contribution in [0.1, 0.15) is 23.6 Å². The number of nitro benzene ring substituents is 1. The molecular formula is C19H21N3O6. The van der Waals surface area contributed by atoms with Crippen molar-refractivity contribution in [3.63, 3.8) is 0 Å². The first-order valence-electron chi connectivity index (χ1n) is 8.48. The number of ether oxygens (including phenoxy) is 2. The predicted molar refractivity (Wildman–Crippen MR) is 103 cm³/mol. The first kappa shape index (κ1) is 20.7. The summed E-state index contributed by atoms with van der Waals surface area (Å²) in [6, 6.07) is 7.70. The van der Waals surface area contributed by atoms with Gasteiger partial charge in [0.1, 0.15) is 5.75 Å². The van der Waals surface area contributed by atoms with Crippen molar-refractivity contribution in [1.29, 1.82) is 0 Å². The number of non-ortho nitro benzene ring substituents is 1. The quantitative estimate of drug-likeness (QED) is 0.408. The molecule has 2 aromatic rings. The van der Waals surface area contributed by atoms with Gasteiger partial charge in [-0.3, -0.25) is 14.9 Å². The van der Waals surface area contributed by atoms with Crippen LogP contribution in [0.15, 0.2) is 35.4 Å². The summed E-state index contributed by atoms with van der Waals surface area (Å²) in [5.41, 5.74) is 3.75. The molecule has 0 bridgehead atoms. The molecule has 0 aromatic heterocycles. The van der Waals surface area contributed by atoms with E-state index in [9.17, 15) is 20.0 Å². The highest BCUT2D eigenvalue weighted by molar-refractivity contribution is 5.86. The van der Waals surface area contributed by atoms with Crippen LogP contribution in [0, 0.1) is 24.0 Å². The second kappa shape index (κ2) is 9.36. The molecule has 0 radical (unpaired) electrons. The normalized spacial score (nSPS) is 10.7. The van der Waals surface area contributed by atoms with E-state index in [0.717, 1.165) is 0 Å². The molecule has 1 amide bonds. The van der Waals surface area contributed by atoms with Gasteiger partial charge >= 0.3 is 0 Å². The SMILES string of the molecule is CCOc1cccc(/C=N/NC(=O)COc2c(C)cc([N+](=O)[O-])cc2C)c1O. The van der Waals surface area contributed by atoms with Crippen molar-refractivity contribution < 1.29 is 24.3 Å². The Morgan fingerprint density at radius 1 is 1.29 bits per heavy atom. The average Bonchev–Trinajstić information content (AvgIpc) is 2.64. The Balaban J connectivity index is 1.96. The number of hydrazone groups is 1. The largest absolute Gasteiger partial charge is 0.504 e. The lowest BCUT2D eigenvalue weighted by atomic mass is 10.1. The lowest BCUT2D eigenvalue weighted by Gasteiger charge is -2.11. The zero-order valence-corrected chi connectivity index (χ0v) is 15.8. The van der Waals surface area contributed by atoms with Crippen LogP contribution in [0.25, 0.3) is 0 Å². The van der Waals surface area contributed by atoms with Crippen molar-refractivity contribution >= 4 is 17.8 Å². The summed E-state index contributed by atoms with van der Waals surface area (Å²) in [6.45, 7) is 5.22. The molecule has 2 rings (SSSR count). The molecule has 0 unspecified atom stereocenters. The molecule has 9 nitrogen and oxygen atoms in total. The van der Waals surface area contributed by atoms with E-state index in [0.29, 0.717) is 34.8 Å². The molecule has 148 valence electrons. The van der Waals surface area contributed by atoms with Gasteiger partial charge in [-0.2, -0.15) is 5.10 Å². The van der Waals surface area contributed by atoms with Crippen LogP contribution in [-0.2, 0) is 4.79 Å². The van der Waals surface area contributed by atoms with Crippen LogP contribution >= 0.6 is 0 Å². The molecule has 0 heterocycles. The number of aryl methyl sites for hydroxylation is 2. The fraction of sp³-hybridized carbons (Fsp3) is 0.263. The van der Waals surface area contributed by atoms with Gasteiger partial charge in [-0.05, 0) is 44.0 Å². The first-order chi connectivity index (χ1) is 13.3. The number of rotatable bonds is 8. The van der Waals surface area contributed by atoms with E-state index in [4.69, 9.17) is 9.47 Å². The lowest BCUT2D eigenvalue weighted by Crippen LogP contribution is -2.25. The van der Waals surface area contributed by atoms with Crippen molar-refractivity contribution in [2.24, 2.45) is 5.10 Å². The number of amides is 1. The van der Waals surface area contributed by atoms with Gasteiger partial charge in [0.05, 0.1) is 17.7 Å². The van der Waals surface area contributed by atoms with Gasteiger partial charge in [-0.25, -0.2) is 5.43 Å². The molecule has 0 saturated heterocycles. The van der Waals surface area contributed by atoms with Gasteiger partial charge in [0.2, 0.25) is 0 Å². The van der Waals surface area contributed by atoms with E-state index >= 15 is 0 Å². The number of nitro groups is 1. The van der Waals surface area contributed by atoms with Crippen LogP contribution in [0.3, 0.4) is 0 Å². The summed E-state index contributed by atoms with van der Waals surface area (Å²) in [7, 11) is 0. The number of phenols is 1. The number of para-hydroxylation sites is 1. The number of benzene rings is 2. The van der Waals surface area contributed by atoms with Crippen LogP contribution in [0.5, 0.6) is 17.2 Å². The van der Waals surface area contributed by atoms with E-state index in [2.05, 4.69) is 10.5 Å². The van der Waals surface area contributed by atoms with Crippen molar-refractivity contribution in [2.45, 2.75) is 20.8 Å². The molecule has 0 atom stereocenters. The summed E-state index contributed by atoms with van der Waals surface area (Å²) in [5.74, 6) is 0.140. The summed E-state index contributed by atoms with van der Waals surface area (Å²) in [4.78, 5) is 22.3. The Kier molecular flexibility index (Phi) is 6.91. The standard InChI is InChI=1S/C19H21N3O6/c1-4-27-16-7-5-6-14(18(16)24)10-20-21-17(23)11-28-19-12(2)8-15(22(25)26)9-13(19)3/h5-10,24H,4,11H2,1-3H3,(H,21,23)/b20-10+. The third-order valence-electron chi connectivity index (χ3n) is 3.73. The second-order valence-corrected chi connectivity index (χ2v) is 5.87. The molecule has 2 N–H and O–H groups in total. The van der Waals surface area contributed by atoms with Crippen LogP contribution in [0.4, 0.5) is 5.69 Å². The maximum absolute atomic E-state index is 11.9. The van der Waals surface area contributed by atoms with E-state index in [1.807, 2.05) is 0 Å². The molecule has 0 spiro atoms. The second-order valence-electron chi connectivity index (χ2n) is 5.87. The summed E-state index contributed by atoms with van der Waals surface area (Å²) >= 11 is 0. The highest BCUT2D eigenvalue weighted by Crippen LogP contribution is 2.29. The third-order valence-corrected chi connectivity index (χ3v) is 3.73. The van der Waals surface area contributed by atoms with Crippen molar-refractivity contribution in [1.82, 2.24) is 5.43 Å². The Bertz CT molecular complexity index is 888. The minimum atomic E-state index is -0.520. The number of nitrogens with zero attached hydrogens (tertiary/aromatic N) is 2. The number of hydrogen-bond donors (Lipinski definition) is 2. The number of aromatic hydroxyl groups is 1.